The van der Waals surface area contributed by atoms with Gasteiger partial charge in [0.25, 0.3) is 0 Å². The molecular weight excluding hydrogens is 612 g/mol. The van der Waals surface area contributed by atoms with Crippen LogP contribution in [-0.2, 0) is 23.8 Å². The van der Waals surface area contributed by atoms with Gasteiger partial charge >= 0.3 is 11.9 Å². The fraction of sp³-hybridized carbons (Fsp3) is 0.860. The second kappa shape index (κ2) is 33.5. The van der Waals surface area contributed by atoms with Gasteiger partial charge in [-0.25, -0.2) is 0 Å². The van der Waals surface area contributed by atoms with Gasteiger partial charge in [-0.3, -0.25) is 9.59 Å². The highest BCUT2D eigenvalue weighted by molar-refractivity contribution is 5.76. The van der Waals surface area contributed by atoms with E-state index in [4.69, 9.17) is 19.3 Å². The zero-order valence-electron chi connectivity index (χ0n) is 32.2. The first-order valence-electron chi connectivity index (χ1n) is 21.0. The van der Waals surface area contributed by atoms with E-state index in [1.165, 1.54) is 154 Å². The number of allylic oxidation sites excluding steroid dienone is 4. The summed E-state index contributed by atoms with van der Waals surface area (Å²) in [6.07, 6.45) is 45.1. The van der Waals surface area contributed by atoms with Gasteiger partial charge < -0.3 is 19.3 Å². The highest BCUT2D eigenvalue weighted by Crippen LogP contribution is 2.35. The molecule has 0 bridgehead atoms. The first-order valence-corrected chi connectivity index (χ1v) is 21.0. The van der Waals surface area contributed by atoms with Gasteiger partial charge in [0.05, 0.1) is 32.2 Å². The van der Waals surface area contributed by atoms with Gasteiger partial charge in [0, 0.05) is 19.3 Å². The predicted octanol–water partition coefficient (Wildman–Crippen LogP) is 13.0. The third kappa shape index (κ3) is 28.7. The van der Waals surface area contributed by atoms with Crippen molar-refractivity contribution in [3.8, 4) is 0 Å². The minimum Gasteiger partial charge on any atom is -0.481 e. The van der Waals surface area contributed by atoms with E-state index in [1.807, 2.05) is 0 Å². The molecule has 49 heavy (non-hydrogen) atoms. The van der Waals surface area contributed by atoms with Crippen molar-refractivity contribution in [1.29, 1.82) is 0 Å². The van der Waals surface area contributed by atoms with Crippen molar-refractivity contribution in [2.75, 3.05) is 13.2 Å². The van der Waals surface area contributed by atoms with E-state index >= 15 is 0 Å². The number of hydrogen-bond donors (Lipinski definition) is 1. The summed E-state index contributed by atoms with van der Waals surface area (Å²) < 4.78 is 18.2. The van der Waals surface area contributed by atoms with Crippen molar-refractivity contribution in [2.24, 2.45) is 0 Å². The lowest BCUT2D eigenvalue weighted by Crippen LogP contribution is -2.31. The number of ether oxygens (including phenoxy) is 3. The van der Waals surface area contributed by atoms with Gasteiger partial charge in [-0.1, -0.05) is 141 Å². The molecule has 0 spiro atoms. The van der Waals surface area contributed by atoms with Crippen LogP contribution in [-0.4, -0.2) is 42.1 Å². The van der Waals surface area contributed by atoms with Crippen LogP contribution >= 0.6 is 0 Å². The quantitative estimate of drug-likeness (QED) is 0.0400. The summed E-state index contributed by atoms with van der Waals surface area (Å²) in [7, 11) is 0. The maximum Gasteiger partial charge on any atom is 0.306 e. The van der Waals surface area contributed by atoms with Crippen molar-refractivity contribution in [3.63, 3.8) is 0 Å². The van der Waals surface area contributed by atoms with E-state index in [2.05, 4.69) is 38.2 Å². The van der Waals surface area contributed by atoms with E-state index in [0.29, 0.717) is 13.0 Å². The molecule has 6 nitrogen and oxygen atoms in total. The average Bonchev–Trinajstić information content (AvgIpc) is 3.50. The standard InChI is InChI=1S/C43H78O6/c1-3-5-7-9-11-13-15-17-19-21-23-25-27-29-31-36-43(48-39-40(49-43)35-38-47-42(46)34-33-41(44)45)37-32-30-28-26-24-22-20-18-16-14-12-10-8-6-4-2/h17-20,40H,3-16,21-39H2,1-2H3,(H,44,45)/b19-17-,20-18-. The molecule has 1 atom stereocenters. The Hall–Kier alpha value is -1.66. The van der Waals surface area contributed by atoms with Gasteiger partial charge in [0.15, 0.2) is 5.79 Å². The van der Waals surface area contributed by atoms with E-state index in [9.17, 15) is 9.59 Å². The molecular formula is C43H78O6. The molecule has 286 valence electrons. The number of aliphatic carboxylic acids is 1. The molecule has 1 aliphatic heterocycles. The second-order valence-corrected chi connectivity index (χ2v) is 14.5. The number of esters is 1. The van der Waals surface area contributed by atoms with Crippen LogP contribution in [0.4, 0.5) is 0 Å². The summed E-state index contributed by atoms with van der Waals surface area (Å²) in [6.45, 7) is 5.32. The monoisotopic (exact) mass is 691 g/mol. The lowest BCUT2D eigenvalue weighted by atomic mass is 9.99. The van der Waals surface area contributed by atoms with Gasteiger partial charge in [0.2, 0.25) is 0 Å². The first-order chi connectivity index (χ1) is 24.0. The molecule has 1 fully saturated rings. The molecule has 0 amide bonds. The number of carboxylic acid groups (broad SMARTS) is 1. The Bertz CT molecular complexity index is 781. The van der Waals surface area contributed by atoms with Crippen LogP contribution in [0, 0.1) is 0 Å². The molecule has 1 saturated heterocycles. The molecule has 1 unspecified atom stereocenters. The summed E-state index contributed by atoms with van der Waals surface area (Å²) in [5, 5.41) is 8.78. The normalized spacial score (nSPS) is 15.9. The summed E-state index contributed by atoms with van der Waals surface area (Å²) in [5.41, 5.74) is 0. The highest BCUT2D eigenvalue weighted by Gasteiger charge is 2.40. The molecule has 0 aliphatic carbocycles. The van der Waals surface area contributed by atoms with Crippen LogP contribution in [0.15, 0.2) is 24.3 Å². The maximum absolute atomic E-state index is 11.8. The lowest BCUT2D eigenvalue weighted by Gasteiger charge is -2.28. The Balaban J connectivity index is 2.28. The topological polar surface area (TPSA) is 82.1 Å². The molecule has 1 aliphatic rings. The molecule has 6 heteroatoms. The Morgan fingerprint density at radius 2 is 1.02 bits per heavy atom. The first kappa shape index (κ1) is 45.4. The molecule has 1 rings (SSSR count). The van der Waals surface area contributed by atoms with Crippen molar-refractivity contribution in [3.05, 3.63) is 24.3 Å². The number of carboxylic acids is 1. The highest BCUT2D eigenvalue weighted by atomic mass is 16.7. The zero-order chi connectivity index (χ0) is 35.5. The largest absolute Gasteiger partial charge is 0.481 e. The van der Waals surface area contributed by atoms with Gasteiger partial charge in [0.1, 0.15) is 0 Å². The third-order valence-electron chi connectivity index (χ3n) is 9.80. The summed E-state index contributed by atoms with van der Waals surface area (Å²) >= 11 is 0. The van der Waals surface area contributed by atoms with Gasteiger partial charge in [-0.15, -0.1) is 0 Å². The lowest BCUT2D eigenvalue weighted by molar-refractivity contribution is -0.181. The molecule has 0 radical (unpaired) electrons. The number of rotatable bonds is 36. The number of carbonyl (C=O) groups is 2. The minimum absolute atomic E-state index is 0.0847. The van der Waals surface area contributed by atoms with E-state index in [0.717, 1.165) is 25.7 Å². The van der Waals surface area contributed by atoms with Crippen molar-refractivity contribution >= 4 is 11.9 Å². The predicted molar refractivity (Wildman–Crippen MR) is 205 cm³/mol. The number of carbonyl (C=O) groups excluding carboxylic acids is 1. The van der Waals surface area contributed by atoms with Crippen LogP contribution in [0.2, 0.25) is 0 Å². The van der Waals surface area contributed by atoms with E-state index < -0.39 is 17.7 Å². The Morgan fingerprint density at radius 1 is 0.612 bits per heavy atom. The van der Waals surface area contributed by atoms with Crippen LogP contribution < -0.4 is 0 Å². The summed E-state index contributed by atoms with van der Waals surface area (Å²) in [5.74, 6) is -1.97. The SMILES string of the molecule is CCCCCCCC/C=C\CCCCCCCC1(CCCCCCC/C=C\CCCCCCCC)OCC(CCOC(=O)CCC(=O)O)O1. The van der Waals surface area contributed by atoms with Gasteiger partial charge in [-0.2, -0.15) is 0 Å². The molecule has 0 aromatic carbocycles. The fourth-order valence-corrected chi connectivity index (χ4v) is 6.66. The van der Waals surface area contributed by atoms with Crippen LogP contribution in [0.25, 0.3) is 0 Å². The molecule has 0 aromatic rings. The Kier molecular flexibility index (Phi) is 31.0. The maximum atomic E-state index is 11.8. The van der Waals surface area contributed by atoms with Crippen LogP contribution in [0.1, 0.15) is 213 Å². The van der Waals surface area contributed by atoms with Crippen LogP contribution in [0.3, 0.4) is 0 Å². The third-order valence-corrected chi connectivity index (χ3v) is 9.80. The smallest absolute Gasteiger partial charge is 0.306 e. The fourth-order valence-electron chi connectivity index (χ4n) is 6.66. The van der Waals surface area contributed by atoms with E-state index in [1.54, 1.807) is 0 Å². The number of hydrogen-bond acceptors (Lipinski definition) is 5. The summed E-state index contributed by atoms with van der Waals surface area (Å²) in [6, 6.07) is 0. The van der Waals surface area contributed by atoms with Crippen molar-refractivity contribution in [2.45, 2.75) is 225 Å². The van der Waals surface area contributed by atoms with E-state index in [-0.39, 0.29) is 25.6 Å². The average molecular weight is 691 g/mol. The molecule has 1 N–H and O–H groups in total. The van der Waals surface area contributed by atoms with Gasteiger partial charge in [-0.05, 0) is 64.2 Å². The molecule has 0 saturated carbocycles. The number of unbranched alkanes of at least 4 members (excludes halogenated alkanes) is 22. The molecule has 1 heterocycles. The Labute approximate surface area is 302 Å². The molecule has 0 aromatic heterocycles. The zero-order valence-corrected chi connectivity index (χ0v) is 32.2. The Morgan fingerprint density at radius 3 is 1.45 bits per heavy atom. The van der Waals surface area contributed by atoms with Crippen molar-refractivity contribution < 1.29 is 28.9 Å². The van der Waals surface area contributed by atoms with Crippen LogP contribution in [0.5, 0.6) is 0 Å². The van der Waals surface area contributed by atoms with Crippen molar-refractivity contribution in [1.82, 2.24) is 0 Å². The summed E-state index contributed by atoms with van der Waals surface area (Å²) in [4.78, 5) is 22.5. The minimum atomic E-state index is -0.986. The second-order valence-electron chi connectivity index (χ2n) is 14.5.